The second-order valence-corrected chi connectivity index (χ2v) is 10.9. The summed E-state index contributed by atoms with van der Waals surface area (Å²) in [7, 11) is 0. The molecule has 1 saturated carbocycles. The maximum Gasteiger partial charge on any atom is 0.165 e. The van der Waals surface area contributed by atoms with Gasteiger partial charge in [0.1, 0.15) is 0 Å². The van der Waals surface area contributed by atoms with Crippen molar-refractivity contribution in [3.05, 3.63) is 28.8 Å². The molecule has 0 aromatic heterocycles. The van der Waals surface area contributed by atoms with Crippen LogP contribution in [0.25, 0.3) is 0 Å². The summed E-state index contributed by atoms with van der Waals surface area (Å²) in [5, 5.41) is 10.7. The third kappa shape index (κ3) is 4.55. The fourth-order valence-corrected chi connectivity index (χ4v) is 6.66. The second-order valence-electron chi connectivity index (χ2n) is 9.96. The molecular formula is C25H35N3OS. The molecule has 2 aliphatic carbocycles. The van der Waals surface area contributed by atoms with E-state index in [0.29, 0.717) is 12.1 Å². The van der Waals surface area contributed by atoms with Gasteiger partial charge in [0.15, 0.2) is 5.17 Å². The molecule has 1 heterocycles. The van der Waals surface area contributed by atoms with E-state index in [9.17, 15) is 5.26 Å². The van der Waals surface area contributed by atoms with Crippen molar-refractivity contribution >= 4 is 22.6 Å². The van der Waals surface area contributed by atoms with Crippen LogP contribution in [0.4, 0.5) is 5.69 Å². The van der Waals surface area contributed by atoms with Gasteiger partial charge in [0.05, 0.1) is 35.1 Å². The molecule has 162 valence electrons. The van der Waals surface area contributed by atoms with Gasteiger partial charge in [0, 0.05) is 11.8 Å². The Labute approximate surface area is 186 Å². The first-order valence-electron chi connectivity index (χ1n) is 11.6. The molecular weight excluding hydrogens is 390 g/mol. The number of thioether (sulfide) groups is 1. The first kappa shape index (κ1) is 21.7. The molecule has 0 N–H and O–H groups in total. The fourth-order valence-electron chi connectivity index (χ4n) is 5.32. The predicted octanol–water partition coefficient (Wildman–Crippen LogP) is 5.99. The highest BCUT2D eigenvalue weighted by Gasteiger charge is 2.41. The Kier molecular flexibility index (Phi) is 6.46. The Morgan fingerprint density at radius 2 is 1.83 bits per heavy atom. The van der Waals surface area contributed by atoms with Crippen molar-refractivity contribution in [3.8, 4) is 6.07 Å². The van der Waals surface area contributed by atoms with Crippen LogP contribution in [0.1, 0.15) is 82.9 Å². The highest BCUT2D eigenvalue weighted by molar-refractivity contribution is 8.14. The summed E-state index contributed by atoms with van der Waals surface area (Å²) in [6.45, 7) is 8.65. The van der Waals surface area contributed by atoms with Crippen molar-refractivity contribution in [1.82, 2.24) is 4.90 Å². The van der Waals surface area contributed by atoms with Crippen LogP contribution in [0.5, 0.6) is 0 Å². The highest BCUT2D eigenvalue weighted by atomic mass is 32.2. The summed E-state index contributed by atoms with van der Waals surface area (Å²) < 4.78 is 6.38. The zero-order chi connectivity index (χ0) is 21.3. The van der Waals surface area contributed by atoms with Crippen LogP contribution in [-0.2, 0) is 17.6 Å². The molecule has 3 aliphatic rings. The van der Waals surface area contributed by atoms with Crippen LogP contribution >= 0.6 is 11.8 Å². The number of aliphatic imine (C=N–C) groups is 1. The normalized spacial score (nSPS) is 24.8. The first-order valence-corrected chi connectivity index (χ1v) is 12.6. The average Bonchev–Trinajstić information content (AvgIpc) is 3.36. The summed E-state index contributed by atoms with van der Waals surface area (Å²) in [6.07, 6.45) is 9.72. The van der Waals surface area contributed by atoms with Crippen LogP contribution < -0.4 is 0 Å². The number of hydrogen-bond donors (Lipinski definition) is 0. The summed E-state index contributed by atoms with van der Waals surface area (Å²) in [5.74, 6) is 1.03. The Balaban J connectivity index is 1.67. The third-order valence-corrected chi connectivity index (χ3v) is 7.68. The zero-order valence-electron chi connectivity index (χ0n) is 18.9. The SMILES string of the molecule is C[C@@H](OC(C)(C)C)[C@@H]1CS/C(=N\c2ccc(C#N)c3c2CCCC3)N1C1CCCC1. The lowest BCUT2D eigenvalue weighted by atomic mass is 9.87. The number of hydrogen-bond acceptors (Lipinski definition) is 4. The molecule has 1 aromatic rings. The van der Waals surface area contributed by atoms with Crippen LogP contribution in [0.2, 0.25) is 0 Å². The van der Waals surface area contributed by atoms with Gasteiger partial charge in [-0.15, -0.1) is 0 Å². The Bertz CT molecular complexity index is 845. The molecule has 4 nitrogen and oxygen atoms in total. The number of nitriles is 1. The van der Waals surface area contributed by atoms with E-state index in [2.05, 4.69) is 44.7 Å². The van der Waals surface area contributed by atoms with Crippen molar-refractivity contribution < 1.29 is 4.74 Å². The van der Waals surface area contributed by atoms with Crippen LogP contribution in [-0.4, -0.2) is 39.6 Å². The lowest BCUT2D eigenvalue weighted by Gasteiger charge is -2.37. The van der Waals surface area contributed by atoms with Gasteiger partial charge in [-0.3, -0.25) is 0 Å². The summed E-state index contributed by atoms with van der Waals surface area (Å²) >= 11 is 1.89. The fraction of sp³-hybridized carbons (Fsp3) is 0.680. The van der Waals surface area contributed by atoms with E-state index in [0.717, 1.165) is 35.0 Å². The van der Waals surface area contributed by atoms with Crippen molar-refractivity contribution in [1.29, 1.82) is 5.26 Å². The van der Waals surface area contributed by atoms with Gasteiger partial charge in [-0.2, -0.15) is 5.26 Å². The average molecular weight is 426 g/mol. The minimum Gasteiger partial charge on any atom is -0.371 e. The number of rotatable bonds is 4. The van der Waals surface area contributed by atoms with E-state index in [1.165, 1.54) is 49.7 Å². The van der Waals surface area contributed by atoms with E-state index in [1.54, 1.807) is 0 Å². The molecule has 4 rings (SSSR count). The van der Waals surface area contributed by atoms with E-state index < -0.39 is 0 Å². The molecule has 5 heteroatoms. The zero-order valence-corrected chi connectivity index (χ0v) is 19.7. The van der Waals surface area contributed by atoms with E-state index >= 15 is 0 Å². The van der Waals surface area contributed by atoms with Gasteiger partial charge >= 0.3 is 0 Å². The van der Waals surface area contributed by atoms with Gasteiger partial charge in [0.2, 0.25) is 0 Å². The Hall–Kier alpha value is -1.51. The van der Waals surface area contributed by atoms with Gasteiger partial charge in [-0.25, -0.2) is 4.99 Å². The first-order chi connectivity index (χ1) is 14.4. The molecule has 2 fully saturated rings. The smallest absolute Gasteiger partial charge is 0.165 e. The van der Waals surface area contributed by atoms with Gasteiger partial charge in [0.25, 0.3) is 0 Å². The molecule has 2 atom stereocenters. The van der Waals surface area contributed by atoms with Crippen molar-refractivity contribution in [2.24, 2.45) is 4.99 Å². The van der Waals surface area contributed by atoms with Gasteiger partial charge in [-0.1, -0.05) is 24.6 Å². The Morgan fingerprint density at radius 1 is 1.13 bits per heavy atom. The second kappa shape index (κ2) is 8.93. The number of benzene rings is 1. The molecule has 1 aromatic carbocycles. The van der Waals surface area contributed by atoms with Crippen molar-refractivity contribution in [2.45, 2.75) is 103 Å². The monoisotopic (exact) mass is 425 g/mol. The van der Waals surface area contributed by atoms with Gasteiger partial charge < -0.3 is 9.64 Å². The van der Waals surface area contributed by atoms with Crippen LogP contribution in [0.3, 0.4) is 0 Å². The number of amidine groups is 1. The van der Waals surface area contributed by atoms with Gasteiger partial charge in [-0.05, 0) is 89.5 Å². The van der Waals surface area contributed by atoms with E-state index in [1.807, 2.05) is 17.8 Å². The number of fused-ring (bicyclic) bond motifs is 1. The van der Waals surface area contributed by atoms with Crippen LogP contribution in [0, 0.1) is 11.3 Å². The predicted molar refractivity (Wildman–Crippen MR) is 126 cm³/mol. The quantitative estimate of drug-likeness (QED) is 0.595. The number of nitrogens with zero attached hydrogens (tertiary/aromatic N) is 3. The Morgan fingerprint density at radius 3 is 2.50 bits per heavy atom. The summed E-state index contributed by atoms with van der Waals surface area (Å²) in [4.78, 5) is 7.84. The summed E-state index contributed by atoms with van der Waals surface area (Å²) in [5.41, 5.74) is 4.33. The minimum atomic E-state index is -0.141. The molecule has 0 amide bonds. The maximum atomic E-state index is 9.53. The van der Waals surface area contributed by atoms with Crippen molar-refractivity contribution in [2.75, 3.05) is 5.75 Å². The molecule has 0 radical (unpaired) electrons. The standard InChI is InChI=1S/C25H35N3OS/c1-17(29-25(2,3)4)23-16-30-24(28(23)19-9-5-6-10-19)27-22-14-13-18(15-26)20-11-7-8-12-21(20)22/h13-14,17,19,23H,5-12,16H2,1-4H3/b27-24-/t17-,23+/m1/s1. The minimum absolute atomic E-state index is 0.141. The molecule has 0 unspecified atom stereocenters. The molecule has 0 bridgehead atoms. The molecule has 0 spiro atoms. The lowest BCUT2D eigenvalue weighted by Crippen LogP contribution is -2.48. The summed E-state index contributed by atoms with van der Waals surface area (Å²) in [6, 6.07) is 7.38. The molecule has 30 heavy (non-hydrogen) atoms. The third-order valence-electron chi connectivity index (χ3n) is 6.61. The number of ether oxygens (including phenoxy) is 1. The topological polar surface area (TPSA) is 48.6 Å². The molecule has 1 aliphatic heterocycles. The van der Waals surface area contributed by atoms with E-state index in [4.69, 9.17) is 9.73 Å². The molecule has 1 saturated heterocycles. The highest BCUT2D eigenvalue weighted by Crippen LogP contribution is 2.39. The maximum absolute atomic E-state index is 9.53. The van der Waals surface area contributed by atoms with Crippen LogP contribution in [0.15, 0.2) is 17.1 Å². The largest absolute Gasteiger partial charge is 0.371 e. The van der Waals surface area contributed by atoms with Crippen molar-refractivity contribution in [3.63, 3.8) is 0 Å². The lowest BCUT2D eigenvalue weighted by molar-refractivity contribution is -0.0763. The van der Waals surface area contributed by atoms with E-state index in [-0.39, 0.29) is 11.7 Å².